The number of unbranched alkanes of at least 4 members (excludes halogenated alkanes) is 25. The highest BCUT2D eigenvalue weighted by Crippen LogP contribution is 2.36. The molecule has 0 fully saturated rings. The first-order valence-electron chi connectivity index (χ1n) is 20.0. The van der Waals surface area contributed by atoms with Crippen molar-refractivity contribution in [2.75, 3.05) is 13.2 Å². The molecule has 0 spiro atoms. The number of carbonyl (C=O) groups excluding carboxylic acids is 2. The highest BCUT2D eigenvalue weighted by Gasteiger charge is 2.22. The summed E-state index contributed by atoms with van der Waals surface area (Å²) in [6.07, 6.45) is 37.9. The fraction of sp³-hybridized carbons (Fsp3) is 0.897. The Kier molecular flexibility index (Phi) is 34.7. The van der Waals surface area contributed by atoms with E-state index in [4.69, 9.17) is 19.3 Å². The normalized spacial score (nSPS) is 12.5. The van der Waals surface area contributed by atoms with E-state index in [1.807, 2.05) is 0 Å². The Bertz CT molecular complexity index is 797. The molecule has 0 aromatic heterocycles. The van der Waals surface area contributed by atoms with Gasteiger partial charge in [-0.1, -0.05) is 167 Å². The Balaban J connectivity index is 3.88. The van der Waals surface area contributed by atoms with Gasteiger partial charge in [0.25, 0.3) is 0 Å². The molecule has 2 N–H and O–H groups in total. The van der Waals surface area contributed by atoms with Gasteiger partial charge in [-0.15, -0.1) is 0 Å². The molecule has 8 nitrogen and oxygen atoms in total. The quantitative estimate of drug-likeness (QED) is 0.0284. The van der Waals surface area contributed by atoms with Crippen LogP contribution in [0.1, 0.15) is 206 Å². The van der Waals surface area contributed by atoms with Crippen molar-refractivity contribution in [2.45, 2.75) is 213 Å². The molecule has 284 valence electrons. The van der Waals surface area contributed by atoms with Crippen molar-refractivity contribution < 1.29 is 37.9 Å². The topological polar surface area (TPSA) is 119 Å². The maximum atomic E-state index is 12.3. The van der Waals surface area contributed by atoms with Gasteiger partial charge in [0.1, 0.15) is 6.61 Å². The largest absolute Gasteiger partial charge is 0.469 e. The molecule has 0 aromatic carbocycles. The highest BCUT2D eigenvalue weighted by molar-refractivity contribution is 7.46. The minimum Gasteiger partial charge on any atom is -0.462 e. The van der Waals surface area contributed by atoms with Gasteiger partial charge in [-0.2, -0.15) is 0 Å². The molecule has 48 heavy (non-hydrogen) atoms. The summed E-state index contributed by atoms with van der Waals surface area (Å²) in [5.41, 5.74) is 0. The summed E-state index contributed by atoms with van der Waals surface area (Å²) in [6, 6.07) is 0. The zero-order chi connectivity index (χ0) is 35.4. The number of ether oxygens (including phenoxy) is 2. The molecule has 0 rings (SSSR count). The Morgan fingerprint density at radius 2 is 0.875 bits per heavy atom. The summed E-state index contributed by atoms with van der Waals surface area (Å²) in [5.74, 6) is -0.886. The van der Waals surface area contributed by atoms with Crippen LogP contribution in [0.25, 0.3) is 0 Å². The van der Waals surface area contributed by atoms with Crippen LogP contribution in [0.5, 0.6) is 0 Å². The molecule has 9 heteroatoms. The first-order chi connectivity index (χ1) is 23.3. The van der Waals surface area contributed by atoms with Gasteiger partial charge in [-0.25, -0.2) is 4.57 Å². The lowest BCUT2D eigenvalue weighted by Crippen LogP contribution is -2.29. The summed E-state index contributed by atoms with van der Waals surface area (Å²) in [5, 5.41) is 0. The van der Waals surface area contributed by atoms with Gasteiger partial charge < -0.3 is 19.3 Å². The van der Waals surface area contributed by atoms with E-state index in [1.165, 1.54) is 116 Å². The first-order valence-corrected chi connectivity index (χ1v) is 21.5. The second-order valence-electron chi connectivity index (χ2n) is 13.6. The summed E-state index contributed by atoms with van der Waals surface area (Å²) < 4.78 is 26.3. The molecule has 0 saturated carbocycles. The van der Waals surface area contributed by atoms with Gasteiger partial charge in [0.05, 0.1) is 6.61 Å². The van der Waals surface area contributed by atoms with Gasteiger partial charge in [-0.05, 0) is 38.5 Å². The Morgan fingerprint density at radius 1 is 0.521 bits per heavy atom. The Labute approximate surface area is 295 Å². The molecule has 0 saturated heterocycles. The van der Waals surface area contributed by atoms with Crippen molar-refractivity contribution >= 4 is 19.8 Å². The third kappa shape index (κ3) is 37.6. The zero-order valence-corrected chi connectivity index (χ0v) is 32.0. The number of phosphoric acid groups is 1. The predicted molar refractivity (Wildman–Crippen MR) is 198 cm³/mol. The SMILES string of the molecule is CCCCC/C=C/CCCCCCCC(=O)O[C@H](COC(=O)CCCCCCCCCCCCCCCCCCCC)COP(=O)(O)O. The number of hydrogen-bond acceptors (Lipinski definition) is 6. The highest BCUT2D eigenvalue weighted by atomic mass is 31.2. The summed E-state index contributed by atoms with van der Waals surface area (Å²) >= 11 is 0. The number of hydrogen-bond donors (Lipinski definition) is 2. The Hall–Kier alpha value is -1.21. The lowest BCUT2D eigenvalue weighted by atomic mass is 10.0. The lowest BCUT2D eigenvalue weighted by Gasteiger charge is -2.18. The van der Waals surface area contributed by atoms with Gasteiger partial charge >= 0.3 is 19.8 Å². The van der Waals surface area contributed by atoms with Crippen molar-refractivity contribution in [3.63, 3.8) is 0 Å². The molecular formula is C39H75O8P. The van der Waals surface area contributed by atoms with Crippen LogP contribution in [-0.2, 0) is 28.2 Å². The molecule has 1 atom stereocenters. The molecular weight excluding hydrogens is 627 g/mol. The van der Waals surface area contributed by atoms with Crippen molar-refractivity contribution in [1.82, 2.24) is 0 Å². The van der Waals surface area contributed by atoms with E-state index in [0.717, 1.165) is 57.8 Å². The summed E-state index contributed by atoms with van der Waals surface area (Å²) in [6.45, 7) is 3.66. The molecule has 0 aromatic rings. The van der Waals surface area contributed by atoms with Gasteiger partial charge in [-0.3, -0.25) is 14.1 Å². The second-order valence-corrected chi connectivity index (χ2v) is 14.9. The van der Waals surface area contributed by atoms with Gasteiger partial charge in [0.2, 0.25) is 0 Å². The van der Waals surface area contributed by atoms with Crippen molar-refractivity contribution in [1.29, 1.82) is 0 Å². The van der Waals surface area contributed by atoms with Crippen LogP contribution in [0.3, 0.4) is 0 Å². The number of rotatable bonds is 37. The average molecular weight is 703 g/mol. The molecule has 0 radical (unpaired) electrons. The van der Waals surface area contributed by atoms with E-state index in [9.17, 15) is 14.2 Å². The second kappa shape index (κ2) is 35.6. The maximum absolute atomic E-state index is 12.3. The third-order valence-corrected chi connectivity index (χ3v) is 9.27. The molecule has 0 aliphatic carbocycles. The standard InChI is InChI=1S/C39H75O8P/c1-3-5-7-9-11-13-15-17-18-19-20-21-22-24-25-27-29-31-33-38(40)45-35-37(36-46-48(42,43)44)47-39(41)34-32-30-28-26-23-16-14-12-10-8-6-4-2/h12,14,37H,3-11,13,15-36H2,1-2H3,(H2,42,43,44)/b14-12+/t37-/m1/s1. The van der Waals surface area contributed by atoms with E-state index in [0.29, 0.717) is 6.42 Å². The maximum Gasteiger partial charge on any atom is 0.469 e. The number of esters is 2. The van der Waals surface area contributed by atoms with Crippen LogP contribution in [0.15, 0.2) is 12.2 Å². The molecule has 0 aliphatic heterocycles. The predicted octanol–water partition coefficient (Wildman–Crippen LogP) is 11.8. The van der Waals surface area contributed by atoms with Gasteiger partial charge in [0, 0.05) is 12.8 Å². The molecule has 0 amide bonds. The first kappa shape index (κ1) is 46.8. The fourth-order valence-electron chi connectivity index (χ4n) is 5.78. The number of phosphoric ester groups is 1. The van der Waals surface area contributed by atoms with Gasteiger partial charge in [0.15, 0.2) is 6.10 Å². The summed E-state index contributed by atoms with van der Waals surface area (Å²) in [4.78, 5) is 42.7. The van der Waals surface area contributed by atoms with Crippen LogP contribution in [0.2, 0.25) is 0 Å². The minimum absolute atomic E-state index is 0.205. The lowest BCUT2D eigenvalue weighted by molar-refractivity contribution is -0.161. The van der Waals surface area contributed by atoms with Crippen LogP contribution in [0, 0.1) is 0 Å². The number of carbonyl (C=O) groups is 2. The van der Waals surface area contributed by atoms with E-state index in [-0.39, 0.29) is 19.4 Å². The zero-order valence-electron chi connectivity index (χ0n) is 31.2. The van der Waals surface area contributed by atoms with E-state index in [1.54, 1.807) is 0 Å². The monoisotopic (exact) mass is 703 g/mol. The van der Waals surface area contributed by atoms with Crippen molar-refractivity contribution in [3.8, 4) is 0 Å². The van der Waals surface area contributed by atoms with Crippen molar-refractivity contribution in [2.24, 2.45) is 0 Å². The smallest absolute Gasteiger partial charge is 0.462 e. The fourth-order valence-corrected chi connectivity index (χ4v) is 6.14. The van der Waals surface area contributed by atoms with E-state index < -0.39 is 32.5 Å². The third-order valence-electron chi connectivity index (χ3n) is 8.78. The molecule has 0 heterocycles. The summed E-state index contributed by atoms with van der Waals surface area (Å²) in [7, 11) is -4.75. The average Bonchev–Trinajstić information content (AvgIpc) is 3.05. The van der Waals surface area contributed by atoms with Crippen LogP contribution >= 0.6 is 7.82 Å². The molecule has 0 unspecified atom stereocenters. The van der Waals surface area contributed by atoms with Crippen molar-refractivity contribution in [3.05, 3.63) is 12.2 Å². The molecule has 0 bridgehead atoms. The van der Waals surface area contributed by atoms with Crippen LogP contribution in [0.4, 0.5) is 0 Å². The minimum atomic E-state index is -4.75. The van der Waals surface area contributed by atoms with Crippen LogP contribution < -0.4 is 0 Å². The molecule has 0 aliphatic rings. The Morgan fingerprint density at radius 3 is 1.31 bits per heavy atom. The number of allylic oxidation sites excluding steroid dienone is 2. The van der Waals surface area contributed by atoms with E-state index >= 15 is 0 Å². The van der Waals surface area contributed by atoms with E-state index in [2.05, 4.69) is 30.5 Å². The van der Waals surface area contributed by atoms with Crippen LogP contribution in [-0.4, -0.2) is 41.0 Å².